The molecule has 0 aliphatic carbocycles. The Kier molecular flexibility index (Phi) is 8.04. The molecule has 2 atom stereocenters. The SMILES string of the molecule is N[C@@H](Cc1ccc(O)c(C(=O)N(CC2C=C(Br)NO2)C(=O)OCc2ccccc2)c1)C(=O)O. The third-order valence-electron chi connectivity index (χ3n) is 4.74. The van der Waals surface area contributed by atoms with Crippen molar-refractivity contribution in [3.05, 3.63) is 75.9 Å². The van der Waals surface area contributed by atoms with Gasteiger partial charge in [0.05, 0.1) is 12.1 Å². The summed E-state index contributed by atoms with van der Waals surface area (Å²) >= 11 is 3.21. The van der Waals surface area contributed by atoms with Crippen LogP contribution in [0.3, 0.4) is 0 Å². The quantitative estimate of drug-likeness (QED) is 0.384. The van der Waals surface area contributed by atoms with E-state index in [9.17, 15) is 19.5 Å². The molecule has 1 aliphatic heterocycles. The van der Waals surface area contributed by atoms with Crippen molar-refractivity contribution in [2.24, 2.45) is 5.73 Å². The minimum atomic E-state index is -1.20. The van der Waals surface area contributed by atoms with Gasteiger partial charge in [0, 0.05) is 0 Å². The smallest absolute Gasteiger partial charge is 0.417 e. The van der Waals surface area contributed by atoms with Gasteiger partial charge < -0.3 is 20.7 Å². The molecule has 0 radical (unpaired) electrons. The lowest BCUT2D eigenvalue weighted by Gasteiger charge is -2.23. The number of hydroxylamine groups is 1. The summed E-state index contributed by atoms with van der Waals surface area (Å²) in [5, 5.41) is 19.3. The van der Waals surface area contributed by atoms with Crippen molar-refractivity contribution >= 4 is 33.9 Å². The number of aromatic hydroxyl groups is 1. The van der Waals surface area contributed by atoms with E-state index in [-0.39, 0.29) is 30.9 Å². The standard InChI is InChI=1S/C22H22BrN3O7/c23-19-10-15(33-25-19)11-26(22(31)32-12-13-4-2-1-3-5-13)20(28)16-8-14(6-7-18(16)27)9-17(24)21(29)30/h1-8,10,15,17,25,27H,9,11-12,24H2,(H,29,30)/t15?,17-/m0/s1. The normalized spacial score (nSPS) is 15.8. The van der Waals surface area contributed by atoms with E-state index in [2.05, 4.69) is 21.4 Å². The van der Waals surface area contributed by atoms with Gasteiger partial charge in [-0.15, -0.1) is 0 Å². The van der Waals surface area contributed by atoms with Gasteiger partial charge in [-0.3, -0.25) is 19.9 Å². The van der Waals surface area contributed by atoms with Crippen LogP contribution < -0.4 is 11.2 Å². The number of phenols is 1. The number of halogens is 1. The van der Waals surface area contributed by atoms with Crippen LogP contribution in [0.1, 0.15) is 21.5 Å². The molecule has 0 fully saturated rings. The van der Waals surface area contributed by atoms with Crippen molar-refractivity contribution in [2.75, 3.05) is 6.54 Å². The molecule has 2 aromatic carbocycles. The maximum absolute atomic E-state index is 13.3. The number of nitrogens with one attached hydrogen (secondary N) is 1. The molecule has 0 saturated carbocycles. The van der Waals surface area contributed by atoms with E-state index in [1.807, 2.05) is 6.07 Å². The molecule has 1 aliphatic rings. The molecule has 174 valence electrons. The second-order valence-electron chi connectivity index (χ2n) is 7.23. The van der Waals surface area contributed by atoms with Crippen LogP contribution in [-0.2, 0) is 27.4 Å². The Morgan fingerprint density at radius 1 is 1.18 bits per heavy atom. The maximum atomic E-state index is 13.3. The third-order valence-corrected chi connectivity index (χ3v) is 5.16. The minimum Gasteiger partial charge on any atom is -0.507 e. The van der Waals surface area contributed by atoms with E-state index in [1.54, 1.807) is 30.3 Å². The number of aliphatic carboxylic acids is 1. The molecule has 0 spiro atoms. The number of hydrogen-bond acceptors (Lipinski definition) is 8. The average Bonchev–Trinajstić information content (AvgIpc) is 3.22. The van der Waals surface area contributed by atoms with Gasteiger partial charge in [0.15, 0.2) is 0 Å². The summed E-state index contributed by atoms with van der Waals surface area (Å²) in [6.45, 7) is -0.265. The number of carbonyl (C=O) groups excluding carboxylic acids is 2. The Balaban J connectivity index is 1.83. The number of nitrogens with two attached hydrogens (primary N) is 1. The zero-order valence-corrected chi connectivity index (χ0v) is 18.9. The summed E-state index contributed by atoms with van der Waals surface area (Å²) in [5.41, 5.74) is 9.08. The van der Waals surface area contributed by atoms with Crippen molar-refractivity contribution in [3.8, 4) is 5.75 Å². The number of carboxylic acids is 1. The van der Waals surface area contributed by atoms with Crippen LogP contribution in [0.15, 0.2) is 59.2 Å². The largest absolute Gasteiger partial charge is 0.507 e. The number of carboxylic acid groups (broad SMARTS) is 1. The van der Waals surface area contributed by atoms with Gasteiger partial charge in [0.25, 0.3) is 5.91 Å². The van der Waals surface area contributed by atoms with E-state index in [0.717, 1.165) is 10.5 Å². The van der Waals surface area contributed by atoms with Crippen molar-refractivity contribution in [2.45, 2.75) is 25.2 Å². The first kappa shape index (κ1) is 24.2. The summed E-state index contributed by atoms with van der Waals surface area (Å²) < 4.78 is 5.85. The Morgan fingerprint density at radius 2 is 1.91 bits per heavy atom. The molecular formula is C22H22BrN3O7. The number of carbonyl (C=O) groups is 3. The van der Waals surface area contributed by atoms with E-state index >= 15 is 0 Å². The lowest BCUT2D eigenvalue weighted by Crippen LogP contribution is -2.42. The highest BCUT2D eigenvalue weighted by Gasteiger charge is 2.31. The van der Waals surface area contributed by atoms with Crippen LogP contribution in [0.5, 0.6) is 5.75 Å². The Labute approximate surface area is 197 Å². The number of imide groups is 1. The second-order valence-corrected chi connectivity index (χ2v) is 8.08. The number of rotatable bonds is 8. The van der Waals surface area contributed by atoms with Crippen LogP contribution in [0.25, 0.3) is 0 Å². The lowest BCUT2D eigenvalue weighted by molar-refractivity contribution is -0.138. The number of ether oxygens (including phenoxy) is 1. The van der Waals surface area contributed by atoms with E-state index in [4.69, 9.17) is 20.4 Å². The van der Waals surface area contributed by atoms with E-state index < -0.39 is 30.1 Å². The molecule has 0 saturated heterocycles. The number of phenolic OH excluding ortho intramolecular Hbond substituents is 1. The maximum Gasteiger partial charge on any atom is 0.417 e. The summed E-state index contributed by atoms with van der Waals surface area (Å²) in [6.07, 6.45) is -0.0543. The highest BCUT2D eigenvalue weighted by molar-refractivity contribution is 9.11. The number of amides is 2. The van der Waals surface area contributed by atoms with Gasteiger partial charge in [-0.2, -0.15) is 0 Å². The lowest BCUT2D eigenvalue weighted by atomic mass is 10.0. The van der Waals surface area contributed by atoms with Crippen LogP contribution in [-0.4, -0.2) is 51.8 Å². The van der Waals surface area contributed by atoms with Crippen LogP contribution >= 0.6 is 15.9 Å². The summed E-state index contributed by atoms with van der Waals surface area (Å²) in [4.78, 5) is 43.3. The number of hydrogen-bond donors (Lipinski definition) is 4. The molecule has 5 N–H and O–H groups in total. The first-order chi connectivity index (χ1) is 15.7. The fourth-order valence-electron chi connectivity index (χ4n) is 3.04. The molecular weight excluding hydrogens is 498 g/mol. The zero-order chi connectivity index (χ0) is 24.0. The molecule has 2 amide bonds. The van der Waals surface area contributed by atoms with Gasteiger partial charge in [0.2, 0.25) is 0 Å². The molecule has 0 aromatic heterocycles. The van der Waals surface area contributed by atoms with Gasteiger partial charge in [-0.05, 0) is 51.7 Å². The summed E-state index contributed by atoms with van der Waals surface area (Å²) in [5.74, 6) is -2.42. The molecule has 10 nitrogen and oxygen atoms in total. The summed E-state index contributed by atoms with van der Waals surface area (Å²) in [7, 11) is 0. The minimum absolute atomic E-state index is 0.0632. The molecule has 0 bridgehead atoms. The van der Waals surface area contributed by atoms with Gasteiger partial charge in [0.1, 0.15) is 29.1 Å². The predicted octanol–water partition coefficient (Wildman–Crippen LogP) is 2.27. The molecule has 11 heteroatoms. The van der Waals surface area contributed by atoms with Crippen LogP contribution in [0, 0.1) is 0 Å². The Bertz CT molecular complexity index is 1060. The molecule has 1 heterocycles. The molecule has 3 rings (SSSR count). The Hall–Kier alpha value is -3.41. The average molecular weight is 520 g/mol. The van der Waals surface area contributed by atoms with Crippen LogP contribution in [0.4, 0.5) is 4.79 Å². The topological polar surface area (TPSA) is 151 Å². The van der Waals surface area contributed by atoms with Crippen molar-refractivity contribution in [1.82, 2.24) is 10.4 Å². The Morgan fingerprint density at radius 3 is 2.55 bits per heavy atom. The number of nitrogens with zero attached hydrogens (tertiary/aromatic N) is 1. The van der Waals surface area contributed by atoms with Crippen LogP contribution in [0.2, 0.25) is 0 Å². The fraction of sp³-hybridized carbons (Fsp3) is 0.227. The molecule has 2 aromatic rings. The molecule has 1 unspecified atom stereocenters. The highest BCUT2D eigenvalue weighted by atomic mass is 79.9. The van der Waals surface area contributed by atoms with E-state index in [1.165, 1.54) is 18.2 Å². The number of benzene rings is 2. The fourth-order valence-corrected chi connectivity index (χ4v) is 3.43. The van der Waals surface area contributed by atoms with Gasteiger partial charge >= 0.3 is 12.1 Å². The van der Waals surface area contributed by atoms with Crippen molar-refractivity contribution < 1.29 is 34.2 Å². The third kappa shape index (κ3) is 6.54. The zero-order valence-electron chi connectivity index (χ0n) is 17.3. The second kappa shape index (κ2) is 10.9. The van der Waals surface area contributed by atoms with Crippen molar-refractivity contribution in [3.63, 3.8) is 0 Å². The first-order valence-electron chi connectivity index (χ1n) is 9.86. The first-order valence-corrected chi connectivity index (χ1v) is 10.7. The summed E-state index contributed by atoms with van der Waals surface area (Å²) in [6, 6.07) is 11.7. The monoisotopic (exact) mass is 519 g/mol. The highest BCUT2D eigenvalue weighted by Crippen LogP contribution is 2.23. The van der Waals surface area contributed by atoms with Gasteiger partial charge in [-0.1, -0.05) is 36.4 Å². The van der Waals surface area contributed by atoms with E-state index in [0.29, 0.717) is 10.2 Å². The van der Waals surface area contributed by atoms with Gasteiger partial charge in [-0.25, -0.2) is 9.69 Å². The van der Waals surface area contributed by atoms with Crippen molar-refractivity contribution in [1.29, 1.82) is 0 Å². The molecule has 33 heavy (non-hydrogen) atoms. The predicted molar refractivity (Wildman–Crippen MR) is 120 cm³/mol.